The second-order valence-electron chi connectivity index (χ2n) is 8.61. The van der Waals surface area contributed by atoms with E-state index >= 15 is 0 Å². The van der Waals surface area contributed by atoms with E-state index in [4.69, 9.17) is 58.0 Å². The number of nitrogens with zero attached hydrogens (tertiary/aromatic N) is 4. The molecule has 11 nitrogen and oxygen atoms in total. The third-order valence-electron chi connectivity index (χ3n) is 5.57. The molecule has 0 radical (unpaired) electrons. The van der Waals surface area contributed by atoms with E-state index in [0.29, 0.717) is 17.2 Å². The van der Waals surface area contributed by atoms with E-state index in [0.717, 1.165) is 16.7 Å². The summed E-state index contributed by atoms with van der Waals surface area (Å²) in [5.74, 6) is 1.90. The van der Waals surface area contributed by atoms with E-state index in [1.165, 1.54) is 14.2 Å². The fourth-order valence-corrected chi connectivity index (χ4v) is 6.75. The van der Waals surface area contributed by atoms with Crippen molar-refractivity contribution in [2.75, 3.05) is 35.4 Å². The predicted octanol–water partition coefficient (Wildman–Crippen LogP) is 7.28. The van der Waals surface area contributed by atoms with Crippen LogP contribution < -0.4 is 18.7 Å². The lowest BCUT2D eigenvalue weighted by molar-refractivity contribution is 0.275. The predicted molar refractivity (Wildman–Crippen MR) is 189 cm³/mol. The number of benzene rings is 3. The van der Waals surface area contributed by atoms with Gasteiger partial charge in [0.15, 0.2) is 17.2 Å². The van der Waals surface area contributed by atoms with Gasteiger partial charge in [0.25, 0.3) is 0 Å². The highest BCUT2D eigenvalue weighted by Gasteiger charge is 2.24. The van der Waals surface area contributed by atoms with E-state index in [-0.39, 0.29) is 6.16 Å². The van der Waals surface area contributed by atoms with Crippen LogP contribution in [0.3, 0.4) is 0 Å². The third-order valence-corrected chi connectivity index (χ3v) is 12.7. The summed E-state index contributed by atoms with van der Waals surface area (Å²) in [6.07, 6.45) is 3.55. The van der Waals surface area contributed by atoms with Gasteiger partial charge in [-0.2, -0.15) is 0 Å². The summed E-state index contributed by atoms with van der Waals surface area (Å²) in [6.45, 7) is 0. The molecule has 0 saturated heterocycles. The Morgan fingerprint density at radius 1 is 0.727 bits per heavy atom. The average Bonchev–Trinajstić information content (AvgIpc) is 3.04. The standard InChI is InChI=1S/C26H32N5O6P4S3/c1-27-38(42)35-24-12-6-21(7-13-24)18-28-30(2)39(43)36-25-14-8-22(9-15-25)19-29-31(3)40(44)37-26-16-10-23(11-17-26)20-41(32,33-4)34-5/h6-19H,20H2,1-5H3,(H,27,42)/q+3/b28-18-,29-19-. The monoisotopic (exact) mass is 730 g/mol. The summed E-state index contributed by atoms with van der Waals surface area (Å²) < 4.78 is 42.9. The van der Waals surface area contributed by atoms with E-state index in [1.807, 2.05) is 48.5 Å². The van der Waals surface area contributed by atoms with Crippen LogP contribution >= 0.6 is 28.8 Å². The molecule has 3 aromatic rings. The Morgan fingerprint density at radius 3 is 1.50 bits per heavy atom. The first-order valence-corrected chi connectivity index (χ1v) is 21.2. The molecule has 3 unspecified atom stereocenters. The van der Waals surface area contributed by atoms with E-state index < -0.39 is 28.8 Å². The van der Waals surface area contributed by atoms with Crippen molar-refractivity contribution in [2.24, 2.45) is 10.2 Å². The maximum absolute atomic E-state index is 12.3. The minimum absolute atomic E-state index is 0.163. The topological polar surface area (TPSA) is 106 Å². The highest BCUT2D eigenvalue weighted by atomic mass is 32.4. The molecule has 44 heavy (non-hydrogen) atoms. The molecule has 3 atom stereocenters. The first-order chi connectivity index (χ1) is 21.0. The molecule has 1 N–H and O–H groups in total. The van der Waals surface area contributed by atoms with Crippen molar-refractivity contribution < 1.29 is 27.2 Å². The molecule has 0 fully saturated rings. The summed E-state index contributed by atoms with van der Waals surface area (Å²) >= 11 is 16.2. The van der Waals surface area contributed by atoms with E-state index in [9.17, 15) is 4.57 Å². The van der Waals surface area contributed by atoms with Gasteiger partial charge in [0.1, 0.15) is 0 Å². The smallest absolute Gasteiger partial charge is 0.312 e. The first kappa shape index (κ1) is 36.1. The maximum Gasteiger partial charge on any atom is 0.540 e. The Balaban J connectivity index is 1.48. The Labute approximate surface area is 275 Å². The van der Waals surface area contributed by atoms with Crippen LogP contribution in [-0.4, -0.2) is 57.4 Å². The average molecular weight is 731 g/mol. The van der Waals surface area contributed by atoms with E-state index in [2.05, 4.69) is 15.3 Å². The van der Waals surface area contributed by atoms with Gasteiger partial charge in [-0.1, -0.05) is 21.7 Å². The van der Waals surface area contributed by atoms with Gasteiger partial charge < -0.3 is 9.05 Å². The van der Waals surface area contributed by atoms with Crippen LogP contribution in [-0.2, 0) is 55.2 Å². The molecule has 18 heteroatoms. The van der Waals surface area contributed by atoms with Gasteiger partial charge in [0.2, 0.25) is 35.4 Å². The minimum Gasteiger partial charge on any atom is -0.312 e. The number of nitrogens with one attached hydrogen (secondary N) is 1. The fraction of sp³-hybridized carbons (Fsp3) is 0.231. The van der Waals surface area contributed by atoms with Gasteiger partial charge >= 0.3 is 28.8 Å². The van der Waals surface area contributed by atoms with Crippen molar-refractivity contribution >= 4 is 76.7 Å². The van der Waals surface area contributed by atoms with Crippen molar-refractivity contribution in [1.82, 2.24) is 14.6 Å². The molecule has 0 aliphatic heterocycles. The molecule has 0 aliphatic carbocycles. The molecule has 0 saturated carbocycles. The molecule has 0 bridgehead atoms. The second-order valence-corrected chi connectivity index (χ2v) is 17.4. The summed E-state index contributed by atoms with van der Waals surface area (Å²) in [5.41, 5.74) is 2.53. The lowest BCUT2D eigenvalue weighted by atomic mass is 10.2. The Morgan fingerprint density at radius 2 is 1.11 bits per heavy atom. The van der Waals surface area contributed by atoms with Crippen molar-refractivity contribution in [1.29, 1.82) is 0 Å². The number of rotatable bonds is 17. The molecule has 0 amide bonds. The van der Waals surface area contributed by atoms with Gasteiger partial charge in [-0.15, -0.1) is 15.3 Å². The highest BCUT2D eigenvalue weighted by Crippen LogP contribution is 2.49. The highest BCUT2D eigenvalue weighted by molar-refractivity contribution is 8.02. The van der Waals surface area contributed by atoms with Crippen molar-refractivity contribution in [3.8, 4) is 17.2 Å². The molecule has 3 rings (SSSR count). The molecular formula is C26H32N5O6P4S3+3. The summed E-state index contributed by atoms with van der Waals surface area (Å²) in [5, 5.41) is 11.7. The normalized spacial score (nSPS) is 12.6. The van der Waals surface area contributed by atoms with Crippen LogP contribution in [0.5, 0.6) is 17.2 Å². The van der Waals surface area contributed by atoms with Gasteiger partial charge in [0.05, 0.1) is 32.7 Å². The van der Waals surface area contributed by atoms with Crippen LogP contribution in [0, 0.1) is 0 Å². The molecule has 0 aliphatic rings. The number of hydrogen-bond acceptors (Lipinski definition) is 11. The van der Waals surface area contributed by atoms with Crippen molar-refractivity contribution in [3.05, 3.63) is 89.5 Å². The Bertz CT molecular complexity index is 1540. The fourth-order valence-electron chi connectivity index (χ4n) is 3.14. The van der Waals surface area contributed by atoms with Gasteiger partial charge in [-0.05, 0) is 77.4 Å². The Hall–Kier alpha value is -2.33. The molecular weight excluding hydrogens is 698 g/mol. The van der Waals surface area contributed by atoms with E-state index in [1.54, 1.807) is 67.4 Å². The summed E-state index contributed by atoms with van der Waals surface area (Å²) in [7, 11) is 0.870. The molecule has 3 aromatic carbocycles. The number of hydrogen-bond donors (Lipinski definition) is 1. The third kappa shape index (κ3) is 11.9. The summed E-state index contributed by atoms with van der Waals surface area (Å²) in [6, 6.07) is 21.9. The second kappa shape index (κ2) is 18.0. The SMILES string of the molecule is CN[P+](=S)Oc1ccc(/C=N\N(C)[P+](=S)Oc2ccc(/C=N\N(C)[P+](=S)Oc3ccc(CP(=O)(OC)OC)cc3)cc2)cc1. The minimum atomic E-state index is -3.14. The zero-order valence-corrected chi connectivity index (χ0v) is 30.6. The van der Waals surface area contributed by atoms with Gasteiger partial charge in [-0.3, -0.25) is 18.1 Å². The number of hydrazone groups is 2. The lowest BCUT2D eigenvalue weighted by Gasteiger charge is -2.13. The molecule has 0 spiro atoms. The zero-order valence-electron chi connectivity index (χ0n) is 24.5. The molecule has 232 valence electrons. The van der Waals surface area contributed by atoms with Crippen molar-refractivity contribution in [3.63, 3.8) is 0 Å². The molecule has 0 heterocycles. The van der Waals surface area contributed by atoms with Gasteiger partial charge in [0, 0.05) is 21.3 Å². The van der Waals surface area contributed by atoms with Crippen LogP contribution in [0.2, 0.25) is 0 Å². The zero-order chi connectivity index (χ0) is 32.1. The van der Waals surface area contributed by atoms with Crippen LogP contribution in [0.4, 0.5) is 0 Å². The Kier molecular flexibility index (Phi) is 14.8. The van der Waals surface area contributed by atoms with Crippen LogP contribution in [0.1, 0.15) is 16.7 Å². The first-order valence-electron chi connectivity index (χ1n) is 12.7. The maximum atomic E-state index is 12.3. The lowest BCUT2D eigenvalue weighted by Crippen LogP contribution is -2.04. The molecule has 0 aromatic heterocycles. The summed E-state index contributed by atoms with van der Waals surface area (Å²) in [4.78, 5) is 0. The van der Waals surface area contributed by atoms with Crippen molar-refractivity contribution in [2.45, 2.75) is 6.16 Å². The van der Waals surface area contributed by atoms with Gasteiger partial charge in [-0.25, -0.2) is 0 Å². The largest absolute Gasteiger partial charge is 0.540 e. The van der Waals surface area contributed by atoms with Crippen LogP contribution in [0.25, 0.3) is 0 Å². The quantitative estimate of drug-likeness (QED) is 0.0857. The van der Waals surface area contributed by atoms with Crippen LogP contribution in [0.15, 0.2) is 83.0 Å².